The van der Waals surface area contributed by atoms with Gasteiger partial charge in [-0.3, -0.25) is 9.69 Å². The summed E-state index contributed by atoms with van der Waals surface area (Å²) in [5.41, 5.74) is 0. The lowest BCUT2D eigenvalue weighted by molar-refractivity contribution is -0.130. The van der Waals surface area contributed by atoms with Gasteiger partial charge >= 0.3 is 0 Å². The Kier molecular flexibility index (Phi) is 4.57. The highest BCUT2D eigenvalue weighted by molar-refractivity contribution is 5.81. The Hall–Kier alpha value is -1.79. The van der Waals surface area contributed by atoms with E-state index in [1.807, 2.05) is 24.3 Å². The van der Waals surface area contributed by atoms with Crippen LogP contribution < -0.4 is 14.8 Å². The van der Waals surface area contributed by atoms with Crippen molar-refractivity contribution in [3.8, 4) is 11.5 Å². The van der Waals surface area contributed by atoms with Crippen LogP contribution in [0.25, 0.3) is 0 Å². The fraction of sp³-hybridized carbons (Fsp3) is 0.533. The zero-order chi connectivity index (χ0) is 14.5. The van der Waals surface area contributed by atoms with Gasteiger partial charge in [0.1, 0.15) is 6.61 Å². The second-order valence-electron chi connectivity index (χ2n) is 5.11. The van der Waals surface area contributed by atoms with E-state index in [1.54, 1.807) is 0 Å². The van der Waals surface area contributed by atoms with Gasteiger partial charge in [-0.2, -0.15) is 0 Å². The van der Waals surface area contributed by atoms with Gasteiger partial charge in [-0.15, -0.1) is 0 Å². The largest absolute Gasteiger partial charge is 0.485 e. The van der Waals surface area contributed by atoms with Gasteiger partial charge in [-0.1, -0.05) is 12.1 Å². The molecule has 3 rings (SSSR count). The third-order valence-electron chi connectivity index (χ3n) is 3.63. The molecule has 114 valence electrons. The molecule has 2 aliphatic rings. The summed E-state index contributed by atoms with van der Waals surface area (Å²) >= 11 is 0. The smallest absolute Gasteiger partial charge is 0.264 e. The van der Waals surface area contributed by atoms with Crippen LogP contribution in [0.1, 0.15) is 0 Å². The molecule has 0 saturated carbocycles. The molecule has 1 amide bonds. The number of para-hydroxylation sites is 2. The van der Waals surface area contributed by atoms with Gasteiger partial charge in [0.15, 0.2) is 11.5 Å². The number of morpholine rings is 1. The highest BCUT2D eigenvalue weighted by Crippen LogP contribution is 2.30. The number of rotatable bonds is 4. The van der Waals surface area contributed by atoms with Crippen LogP contribution >= 0.6 is 0 Å². The average Bonchev–Trinajstić information content (AvgIpc) is 2.55. The van der Waals surface area contributed by atoms with Gasteiger partial charge in [0.2, 0.25) is 6.10 Å². The summed E-state index contributed by atoms with van der Waals surface area (Å²) < 4.78 is 16.5. The zero-order valence-corrected chi connectivity index (χ0v) is 11.9. The highest BCUT2D eigenvalue weighted by atomic mass is 16.6. The fourth-order valence-corrected chi connectivity index (χ4v) is 2.42. The number of ether oxygens (including phenoxy) is 3. The third kappa shape index (κ3) is 3.65. The maximum absolute atomic E-state index is 12.1. The Morgan fingerprint density at radius 3 is 2.81 bits per heavy atom. The molecule has 0 aliphatic carbocycles. The van der Waals surface area contributed by atoms with Gasteiger partial charge < -0.3 is 19.5 Å². The van der Waals surface area contributed by atoms with Crippen LogP contribution in [0.2, 0.25) is 0 Å². The van der Waals surface area contributed by atoms with E-state index in [2.05, 4.69) is 10.2 Å². The molecular weight excluding hydrogens is 272 g/mol. The molecule has 6 heteroatoms. The van der Waals surface area contributed by atoms with Gasteiger partial charge in [0.25, 0.3) is 5.91 Å². The number of hydrogen-bond donors (Lipinski definition) is 1. The molecule has 1 saturated heterocycles. The van der Waals surface area contributed by atoms with Crippen molar-refractivity contribution >= 4 is 5.91 Å². The quantitative estimate of drug-likeness (QED) is 0.863. The number of amides is 1. The molecular formula is C15H20N2O4. The molecule has 1 atom stereocenters. The first-order chi connectivity index (χ1) is 10.3. The molecule has 0 spiro atoms. The number of nitrogens with one attached hydrogen (secondary N) is 1. The minimum Gasteiger partial charge on any atom is -0.485 e. The summed E-state index contributed by atoms with van der Waals surface area (Å²) in [7, 11) is 0. The minimum atomic E-state index is -0.579. The summed E-state index contributed by atoms with van der Waals surface area (Å²) in [5, 5.41) is 2.90. The van der Waals surface area contributed by atoms with E-state index in [-0.39, 0.29) is 12.5 Å². The molecule has 1 aromatic carbocycles. The average molecular weight is 292 g/mol. The van der Waals surface area contributed by atoms with Gasteiger partial charge in [-0.25, -0.2) is 0 Å². The molecule has 1 N–H and O–H groups in total. The molecule has 0 bridgehead atoms. The number of hydrogen-bond acceptors (Lipinski definition) is 5. The first kappa shape index (κ1) is 14.2. The lowest BCUT2D eigenvalue weighted by Gasteiger charge is -2.28. The lowest BCUT2D eigenvalue weighted by Crippen LogP contribution is -2.47. The van der Waals surface area contributed by atoms with Gasteiger partial charge in [0, 0.05) is 26.2 Å². The number of carbonyl (C=O) groups excluding carboxylic acids is 1. The molecule has 2 aliphatic heterocycles. The van der Waals surface area contributed by atoms with Crippen LogP contribution in [0.3, 0.4) is 0 Å². The topological polar surface area (TPSA) is 60.0 Å². The maximum Gasteiger partial charge on any atom is 0.264 e. The number of carbonyl (C=O) groups is 1. The third-order valence-corrected chi connectivity index (χ3v) is 3.63. The normalized spacial score (nSPS) is 21.8. The Morgan fingerprint density at radius 2 is 2.00 bits per heavy atom. The predicted molar refractivity (Wildman–Crippen MR) is 76.6 cm³/mol. The fourth-order valence-electron chi connectivity index (χ4n) is 2.42. The highest BCUT2D eigenvalue weighted by Gasteiger charge is 2.26. The second-order valence-corrected chi connectivity index (χ2v) is 5.11. The number of nitrogens with zero attached hydrogens (tertiary/aromatic N) is 1. The van der Waals surface area contributed by atoms with Crippen molar-refractivity contribution in [2.75, 3.05) is 46.0 Å². The van der Waals surface area contributed by atoms with Crippen LogP contribution in [0.5, 0.6) is 11.5 Å². The number of benzene rings is 1. The zero-order valence-electron chi connectivity index (χ0n) is 11.9. The second kappa shape index (κ2) is 6.78. The first-order valence-corrected chi connectivity index (χ1v) is 7.29. The Morgan fingerprint density at radius 1 is 1.24 bits per heavy atom. The van der Waals surface area contributed by atoms with E-state index in [4.69, 9.17) is 14.2 Å². The van der Waals surface area contributed by atoms with E-state index in [1.165, 1.54) is 0 Å². The Balaban J connectivity index is 1.44. The van der Waals surface area contributed by atoms with Crippen molar-refractivity contribution in [3.63, 3.8) is 0 Å². The first-order valence-electron chi connectivity index (χ1n) is 7.29. The van der Waals surface area contributed by atoms with E-state index in [0.29, 0.717) is 18.0 Å². The van der Waals surface area contributed by atoms with Crippen LogP contribution in [0.4, 0.5) is 0 Å². The van der Waals surface area contributed by atoms with Crippen molar-refractivity contribution in [1.82, 2.24) is 10.2 Å². The van der Waals surface area contributed by atoms with E-state index in [9.17, 15) is 4.79 Å². The van der Waals surface area contributed by atoms with Crippen molar-refractivity contribution < 1.29 is 19.0 Å². The molecule has 6 nitrogen and oxygen atoms in total. The molecule has 1 fully saturated rings. The van der Waals surface area contributed by atoms with E-state index in [0.717, 1.165) is 32.8 Å². The van der Waals surface area contributed by atoms with Gasteiger partial charge in [0.05, 0.1) is 13.2 Å². The van der Waals surface area contributed by atoms with Crippen LogP contribution in [0, 0.1) is 0 Å². The van der Waals surface area contributed by atoms with Crippen molar-refractivity contribution in [3.05, 3.63) is 24.3 Å². The Bertz CT molecular complexity index is 488. The molecule has 21 heavy (non-hydrogen) atoms. The van der Waals surface area contributed by atoms with Crippen molar-refractivity contribution in [1.29, 1.82) is 0 Å². The maximum atomic E-state index is 12.1. The van der Waals surface area contributed by atoms with Crippen LogP contribution in [-0.4, -0.2) is 62.9 Å². The summed E-state index contributed by atoms with van der Waals surface area (Å²) in [6.45, 7) is 5.08. The Labute approximate surface area is 124 Å². The van der Waals surface area contributed by atoms with Crippen molar-refractivity contribution in [2.24, 2.45) is 0 Å². The molecule has 1 unspecified atom stereocenters. The summed E-state index contributed by atoms with van der Waals surface area (Å²) in [6.07, 6.45) is -0.579. The van der Waals surface area contributed by atoms with Crippen molar-refractivity contribution in [2.45, 2.75) is 6.10 Å². The monoisotopic (exact) mass is 292 g/mol. The minimum absolute atomic E-state index is 0.127. The standard InChI is InChI=1S/C15H20N2O4/c18-15(16-5-6-17-7-9-19-10-8-17)14-11-20-12-3-1-2-4-13(12)21-14/h1-4,14H,5-11H2,(H,16,18). The van der Waals surface area contributed by atoms with Crippen LogP contribution in [-0.2, 0) is 9.53 Å². The number of fused-ring (bicyclic) bond motifs is 1. The summed E-state index contributed by atoms with van der Waals surface area (Å²) in [6, 6.07) is 7.39. The molecule has 0 aromatic heterocycles. The summed E-state index contributed by atoms with van der Waals surface area (Å²) in [5.74, 6) is 1.18. The SMILES string of the molecule is O=C(NCCN1CCOCC1)C1COc2ccccc2O1. The van der Waals surface area contributed by atoms with E-state index >= 15 is 0 Å². The van der Waals surface area contributed by atoms with E-state index < -0.39 is 6.10 Å². The predicted octanol–water partition coefficient (Wildman–Crippen LogP) is 0.275. The molecule has 2 heterocycles. The molecule has 1 aromatic rings. The summed E-state index contributed by atoms with van der Waals surface area (Å²) in [4.78, 5) is 14.4. The molecule has 0 radical (unpaired) electrons. The lowest BCUT2D eigenvalue weighted by atomic mass is 10.2. The van der Waals surface area contributed by atoms with Gasteiger partial charge in [-0.05, 0) is 12.1 Å². The van der Waals surface area contributed by atoms with Crippen LogP contribution in [0.15, 0.2) is 24.3 Å².